The fourth-order valence-corrected chi connectivity index (χ4v) is 1.83. The Morgan fingerprint density at radius 1 is 1.53 bits per heavy atom. The third-order valence-electron chi connectivity index (χ3n) is 1.94. The number of guanidine groups is 1. The molecule has 1 aromatic carbocycles. The number of rotatable bonds is 3. The molecule has 1 aromatic rings. The maximum Gasteiger partial charge on any atom is 0.210 e. The Labute approximate surface area is 115 Å². The normalized spacial score (nSPS) is 11.8. The maximum atomic E-state index is 6.08. The van der Waals surface area contributed by atoms with E-state index in [2.05, 4.69) is 45.5 Å². The molecule has 1 rings (SSSR count). The number of hydrogen-bond donors (Lipinski definition) is 3. The Bertz CT molecular complexity index is 406. The van der Waals surface area contributed by atoms with Gasteiger partial charge in [0, 0.05) is 11.0 Å². The quantitative estimate of drug-likeness (QED) is 0.347. The Balaban J connectivity index is 2.77. The van der Waals surface area contributed by atoms with Gasteiger partial charge >= 0.3 is 0 Å². The van der Waals surface area contributed by atoms with Crippen LogP contribution in [0, 0.1) is 5.92 Å². The molecule has 0 fully saturated rings. The Kier molecular flexibility index (Phi) is 5.74. The summed E-state index contributed by atoms with van der Waals surface area (Å²) in [5.74, 6) is 6.37. The number of nitrogens with two attached hydrogens (primary N) is 1. The van der Waals surface area contributed by atoms with Crippen LogP contribution in [-0.2, 0) is 0 Å². The number of halogens is 2. The van der Waals surface area contributed by atoms with Gasteiger partial charge in [-0.05, 0) is 24.1 Å². The van der Waals surface area contributed by atoms with Crippen molar-refractivity contribution in [2.45, 2.75) is 13.8 Å². The summed E-state index contributed by atoms with van der Waals surface area (Å²) in [5.41, 5.74) is 3.28. The van der Waals surface area contributed by atoms with Gasteiger partial charge in [0.05, 0.1) is 10.7 Å². The fourth-order valence-electron chi connectivity index (χ4n) is 1.11. The molecule has 0 aromatic heterocycles. The number of nitrogens with zero attached hydrogens (tertiary/aromatic N) is 1. The average molecular weight is 320 g/mol. The summed E-state index contributed by atoms with van der Waals surface area (Å²) in [5, 5.41) is 3.64. The predicted octanol–water partition coefficient (Wildman–Crippen LogP) is 2.99. The van der Waals surface area contributed by atoms with Crippen LogP contribution in [0.1, 0.15) is 13.8 Å². The summed E-state index contributed by atoms with van der Waals surface area (Å²) < 4.78 is 0.925. The topological polar surface area (TPSA) is 62.4 Å². The third-order valence-corrected chi connectivity index (χ3v) is 2.74. The molecule has 0 aliphatic rings. The molecular formula is C11H16BrClN4. The van der Waals surface area contributed by atoms with Crippen molar-refractivity contribution in [1.82, 2.24) is 5.43 Å². The van der Waals surface area contributed by atoms with Gasteiger partial charge in [-0.3, -0.25) is 10.4 Å². The largest absolute Gasteiger partial charge is 0.324 e. The average Bonchev–Trinajstić information content (AvgIpc) is 2.26. The molecule has 0 unspecified atom stereocenters. The Morgan fingerprint density at radius 3 is 2.76 bits per heavy atom. The first kappa shape index (κ1) is 14.3. The summed E-state index contributed by atoms with van der Waals surface area (Å²) in [4.78, 5) is 4.30. The number of hydrazine groups is 1. The molecule has 94 valence electrons. The molecule has 0 aliphatic carbocycles. The standard InChI is InChI=1S/C11H16BrClN4/c1-7(2)6-15-11(17-14)16-10-4-3-8(12)5-9(10)13/h3-5,7H,6,14H2,1-2H3,(H2,15,16,17). The maximum absolute atomic E-state index is 6.08. The van der Waals surface area contributed by atoms with Crippen LogP contribution in [0.2, 0.25) is 5.02 Å². The molecule has 6 heteroatoms. The van der Waals surface area contributed by atoms with E-state index < -0.39 is 0 Å². The molecule has 0 atom stereocenters. The van der Waals surface area contributed by atoms with Gasteiger partial charge in [-0.2, -0.15) is 0 Å². The Morgan fingerprint density at radius 2 is 2.24 bits per heavy atom. The zero-order valence-electron chi connectivity index (χ0n) is 9.80. The van der Waals surface area contributed by atoms with Crippen LogP contribution in [-0.4, -0.2) is 12.5 Å². The van der Waals surface area contributed by atoms with E-state index in [4.69, 9.17) is 17.4 Å². The van der Waals surface area contributed by atoms with Crippen molar-refractivity contribution in [2.75, 3.05) is 11.9 Å². The molecule has 0 heterocycles. The number of hydrogen-bond acceptors (Lipinski definition) is 2. The van der Waals surface area contributed by atoms with Gasteiger partial charge < -0.3 is 5.32 Å². The highest BCUT2D eigenvalue weighted by atomic mass is 79.9. The zero-order valence-corrected chi connectivity index (χ0v) is 12.1. The van der Waals surface area contributed by atoms with Crippen molar-refractivity contribution in [1.29, 1.82) is 0 Å². The molecule has 0 saturated heterocycles. The van der Waals surface area contributed by atoms with Crippen LogP contribution in [0.25, 0.3) is 0 Å². The third kappa shape index (κ3) is 4.93. The summed E-state index contributed by atoms with van der Waals surface area (Å²) in [6, 6.07) is 5.56. The molecule has 0 aliphatic heterocycles. The SMILES string of the molecule is CC(C)CN=C(NN)Nc1ccc(Br)cc1Cl. The molecule has 0 saturated carbocycles. The summed E-state index contributed by atoms with van der Waals surface area (Å²) in [6.07, 6.45) is 0. The first-order valence-corrected chi connectivity index (χ1v) is 6.43. The van der Waals surface area contributed by atoms with E-state index >= 15 is 0 Å². The lowest BCUT2D eigenvalue weighted by atomic mass is 10.2. The zero-order chi connectivity index (χ0) is 12.8. The first-order chi connectivity index (χ1) is 8.02. The van der Waals surface area contributed by atoms with Crippen LogP contribution in [0.3, 0.4) is 0 Å². The van der Waals surface area contributed by atoms with Gasteiger partial charge in [-0.15, -0.1) is 0 Å². The van der Waals surface area contributed by atoms with E-state index in [0.717, 1.165) is 10.2 Å². The van der Waals surface area contributed by atoms with Gasteiger partial charge in [0.15, 0.2) is 0 Å². The minimum Gasteiger partial charge on any atom is -0.324 e. The molecule has 4 nitrogen and oxygen atoms in total. The number of benzene rings is 1. The summed E-state index contributed by atoms with van der Waals surface area (Å²) in [7, 11) is 0. The molecule has 0 spiro atoms. The lowest BCUT2D eigenvalue weighted by Crippen LogP contribution is -2.36. The molecule has 0 radical (unpaired) electrons. The molecular weight excluding hydrogens is 304 g/mol. The van der Waals surface area contributed by atoms with E-state index in [-0.39, 0.29) is 0 Å². The number of aliphatic imine (C=N–C) groups is 1. The molecule has 0 amide bonds. The van der Waals surface area contributed by atoms with Gasteiger partial charge in [0.2, 0.25) is 5.96 Å². The molecule has 17 heavy (non-hydrogen) atoms. The summed E-state index contributed by atoms with van der Waals surface area (Å²) in [6.45, 7) is 4.87. The second-order valence-corrected chi connectivity index (χ2v) is 5.30. The van der Waals surface area contributed by atoms with Crippen LogP contribution in [0.5, 0.6) is 0 Å². The van der Waals surface area contributed by atoms with Crippen molar-refractivity contribution in [3.63, 3.8) is 0 Å². The van der Waals surface area contributed by atoms with E-state index in [1.807, 2.05) is 12.1 Å². The van der Waals surface area contributed by atoms with Crippen LogP contribution < -0.4 is 16.6 Å². The van der Waals surface area contributed by atoms with Crippen molar-refractivity contribution in [2.24, 2.45) is 16.8 Å². The molecule has 4 N–H and O–H groups in total. The van der Waals surface area contributed by atoms with Crippen molar-refractivity contribution in [3.8, 4) is 0 Å². The minimum absolute atomic E-state index is 0.473. The minimum atomic E-state index is 0.473. The van der Waals surface area contributed by atoms with Crippen LogP contribution in [0.4, 0.5) is 5.69 Å². The van der Waals surface area contributed by atoms with Crippen molar-refractivity contribution >= 4 is 39.2 Å². The van der Waals surface area contributed by atoms with Crippen molar-refractivity contribution < 1.29 is 0 Å². The van der Waals surface area contributed by atoms with Gasteiger partial charge in [0.25, 0.3) is 0 Å². The highest BCUT2D eigenvalue weighted by Crippen LogP contribution is 2.25. The van der Waals surface area contributed by atoms with Crippen molar-refractivity contribution in [3.05, 3.63) is 27.7 Å². The highest BCUT2D eigenvalue weighted by Gasteiger charge is 2.03. The number of anilines is 1. The van der Waals surface area contributed by atoms with Crippen LogP contribution >= 0.6 is 27.5 Å². The highest BCUT2D eigenvalue weighted by molar-refractivity contribution is 9.10. The molecule has 0 bridgehead atoms. The van der Waals surface area contributed by atoms with E-state index in [1.54, 1.807) is 6.07 Å². The second kappa shape index (κ2) is 6.83. The second-order valence-electron chi connectivity index (χ2n) is 3.98. The number of nitrogens with one attached hydrogen (secondary N) is 2. The monoisotopic (exact) mass is 318 g/mol. The fraction of sp³-hybridized carbons (Fsp3) is 0.364. The predicted molar refractivity (Wildman–Crippen MR) is 77.2 cm³/mol. The Hall–Kier alpha value is -0.780. The van der Waals surface area contributed by atoms with Gasteiger partial charge in [-0.1, -0.05) is 41.4 Å². The van der Waals surface area contributed by atoms with Gasteiger partial charge in [0.1, 0.15) is 0 Å². The van der Waals surface area contributed by atoms with E-state index in [9.17, 15) is 0 Å². The van der Waals surface area contributed by atoms with Gasteiger partial charge in [-0.25, -0.2) is 5.84 Å². The smallest absolute Gasteiger partial charge is 0.210 e. The van der Waals surface area contributed by atoms with E-state index in [0.29, 0.717) is 23.4 Å². The van der Waals surface area contributed by atoms with Crippen LogP contribution in [0.15, 0.2) is 27.7 Å². The summed E-state index contributed by atoms with van der Waals surface area (Å²) >= 11 is 9.42. The lowest BCUT2D eigenvalue weighted by Gasteiger charge is -2.11. The first-order valence-electron chi connectivity index (χ1n) is 5.26. The lowest BCUT2D eigenvalue weighted by molar-refractivity contribution is 0.663. The van der Waals surface area contributed by atoms with E-state index in [1.165, 1.54) is 0 Å².